The van der Waals surface area contributed by atoms with Crippen LogP contribution >= 0.6 is 0 Å². The molecule has 0 atom stereocenters. The second-order valence-electron chi connectivity index (χ2n) is 7.56. The molecule has 0 unspecified atom stereocenters. The number of rotatable bonds is 3. The van der Waals surface area contributed by atoms with Crippen LogP contribution in [0.5, 0.6) is 0 Å². The Bertz CT molecular complexity index is 731. The number of anilines is 1. The van der Waals surface area contributed by atoms with E-state index in [-0.39, 0.29) is 11.4 Å². The van der Waals surface area contributed by atoms with Crippen molar-refractivity contribution in [3.05, 3.63) is 42.1 Å². The van der Waals surface area contributed by atoms with E-state index in [0.717, 1.165) is 31.5 Å². The Morgan fingerprint density at radius 2 is 1.72 bits per heavy atom. The molecular weight excluding hydrogens is 312 g/mol. The van der Waals surface area contributed by atoms with Gasteiger partial charge in [0.15, 0.2) is 5.82 Å². The molecule has 3 rings (SSSR count). The maximum absolute atomic E-state index is 12.9. The molecule has 0 spiro atoms. The molecule has 1 aliphatic rings. The number of carbonyl (C=O) groups is 1. The normalized spacial score (nSPS) is 15.1. The Labute approximate surface area is 149 Å². The van der Waals surface area contributed by atoms with Gasteiger partial charge >= 0.3 is 0 Å². The molecule has 1 aromatic heterocycles. The predicted molar refractivity (Wildman–Crippen MR) is 101 cm³/mol. The molecule has 0 radical (unpaired) electrons. The van der Waals surface area contributed by atoms with E-state index >= 15 is 0 Å². The largest absolute Gasteiger partial charge is 0.365 e. The number of nitrogens with one attached hydrogen (secondary N) is 1. The predicted octanol–water partition coefficient (Wildman–Crippen LogP) is 3.98. The number of hydrogen-bond donors (Lipinski definition) is 1. The number of amides is 1. The lowest BCUT2D eigenvalue weighted by Gasteiger charge is -2.27. The summed E-state index contributed by atoms with van der Waals surface area (Å²) in [7, 11) is 0. The van der Waals surface area contributed by atoms with Crippen LogP contribution in [0.15, 0.2) is 36.4 Å². The molecule has 5 nitrogen and oxygen atoms in total. The summed E-state index contributed by atoms with van der Waals surface area (Å²) in [5.74, 6) is 1.26. The van der Waals surface area contributed by atoms with Crippen LogP contribution < -0.4 is 5.32 Å². The molecule has 0 saturated carbocycles. The zero-order valence-corrected chi connectivity index (χ0v) is 15.2. The van der Waals surface area contributed by atoms with Gasteiger partial charge in [0, 0.05) is 30.3 Å². The van der Waals surface area contributed by atoms with E-state index in [4.69, 9.17) is 0 Å². The van der Waals surface area contributed by atoms with E-state index in [1.165, 1.54) is 6.42 Å². The lowest BCUT2D eigenvalue weighted by molar-refractivity contribution is 0.0718. The first-order valence-electron chi connectivity index (χ1n) is 8.94. The summed E-state index contributed by atoms with van der Waals surface area (Å²) >= 11 is 0. The van der Waals surface area contributed by atoms with Gasteiger partial charge in [0.25, 0.3) is 5.91 Å². The molecule has 1 N–H and O–H groups in total. The number of benzene rings is 1. The third-order valence-electron chi connectivity index (χ3n) is 4.12. The fourth-order valence-corrected chi connectivity index (χ4v) is 2.98. The highest BCUT2D eigenvalue weighted by Crippen LogP contribution is 2.21. The van der Waals surface area contributed by atoms with Gasteiger partial charge in [-0.25, -0.2) is 9.97 Å². The van der Waals surface area contributed by atoms with Gasteiger partial charge in [-0.05, 0) is 40.0 Å². The summed E-state index contributed by atoms with van der Waals surface area (Å²) in [4.78, 5) is 24.0. The molecule has 1 amide bonds. The Hall–Kier alpha value is -2.43. The first kappa shape index (κ1) is 17.4. The monoisotopic (exact) mass is 338 g/mol. The van der Waals surface area contributed by atoms with E-state index in [9.17, 15) is 4.79 Å². The highest BCUT2D eigenvalue weighted by molar-refractivity contribution is 5.93. The quantitative estimate of drug-likeness (QED) is 0.919. The van der Waals surface area contributed by atoms with E-state index in [2.05, 4.69) is 36.1 Å². The summed E-state index contributed by atoms with van der Waals surface area (Å²) < 4.78 is 0. The molecule has 0 aliphatic carbocycles. The Morgan fingerprint density at radius 1 is 1.04 bits per heavy atom. The van der Waals surface area contributed by atoms with Crippen LogP contribution in [0.1, 0.15) is 50.5 Å². The number of nitrogens with zero attached hydrogens (tertiary/aromatic N) is 3. The highest BCUT2D eigenvalue weighted by atomic mass is 16.2. The average molecular weight is 338 g/mol. The maximum atomic E-state index is 12.9. The molecular formula is C20H26N4O. The highest BCUT2D eigenvalue weighted by Gasteiger charge is 2.22. The van der Waals surface area contributed by atoms with Crippen molar-refractivity contribution in [1.82, 2.24) is 14.9 Å². The fourth-order valence-electron chi connectivity index (χ4n) is 2.98. The molecule has 1 fully saturated rings. The SMILES string of the molecule is CC(C)(C)Nc1cc(C(=O)N2CCCCC2)nc(-c2ccccc2)n1. The Morgan fingerprint density at radius 3 is 2.36 bits per heavy atom. The summed E-state index contributed by atoms with van der Waals surface area (Å²) in [6, 6.07) is 11.6. The third-order valence-corrected chi connectivity index (χ3v) is 4.12. The molecule has 132 valence electrons. The zero-order chi connectivity index (χ0) is 17.9. The second kappa shape index (κ2) is 7.21. The Kier molecular flexibility index (Phi) is 5.02. The van der Waals surface area contributed by atoms with Gasteiger partial charge < -0.3 is 10.2 Å². The minimum Gasteiger partial charge on any atom is -0.365 e. The molecule has 2 aromatic rings. The first-order chi connectivity index (χ1) is 11.9. The topological polar surface area (TPSA) is 58.1 Å². The van der Waals surface area contributed by atoms with Crippen molar-refractivity contribution in [1.29, 1.82) is 0 Å². The van der Waals surface area contributed by atoms with Crippen LogP contribution in [-0.4, -0.2) is 39.4 Å². The average Bonchev–Trinajstić information content (AvgIpc) is 2.61. The van der Waals surface area contributed by atoms with Gasteiger partial charge in [0.05, 0.1) is 0 Å². The molecule has 1 aromatic carbocycles. The van der Waals surface area contributed by atoms with Crippen molar-refractivity contribution in [3.8, 4) is 11.4 Å². The molecule has 1 saturated heterocycles. The van der Waals surface area contributed by atoms with Crippen molar-refractivity contribution in [2.45, 2.75) is 45.6 Å². The third kappa shape index (κ3) is 4.56. The number of likely N-dealkylation sites (tertiary alicyclic amines) is 1. The van der Waals surface area contributed by atoms with Crippen LogP contribution in [0.4, 0.5) is 5.82 Å². The number of hydrogen-bond acceptors (Lipinski definition) is 4. The fraction of sp³-hybridized carbons (Fsp3) is 0.450. The standard InChI is InChI=1S/C20H26N4O/c1-20(2,3)23-17-14-16(19(25)24-12-8-5-9-13-24)21-18(22-17)15-10-6-4-7-11-15/h4,6-7,10-11,14H,5,8-9,12-13H2,1-3H3,(H,21,22,23). The number of aromatic nitrogens is 2. The molecule has 25 heavy (non-hydrogen) atoms. The van der Waals surface area contributed by atoms with Gasteiger partial charge in [-0.3, -0.25) is 4.79 Å². The van der Waals surface area contributed by atoms with E-state index < -0.39 is 0 Å². The van der Waals surface area contributed by atoms with Gasteiger partial charge in [-0.1, -0.05) is 30.3 Å². The van der Waals surface area contributed by atoms with Gasteiger partial charge in [-0.15, -0.1) is 0 Å². The molecule has 2 heterocycles. The summed E-state index contributed by atoms with van der Waals surface area (Å²) in [6.45, 7) is 7.84. The lowest BCUT2D eigenvalue weighted by Crippen LogP contribution is -2.36. The molecule has 1 aliphatic heterocycles. The van der Waals surface area contributed by atoms with Crippen LogP contribution in [0, 0.1) is 0 Å². The van der Waals surface area contributed by atoms with Gasteiger partial charge in [0.1, 0.15) is 11.5 Å². The van der Waals surface area contributed by atoms with E-state index in [1.807, 2.05) is 35.2 Å². The van der Waals surface area contributed by atoms with Crippen molar-refractivity contribution < 1.29 is 4.79 Å². The van der Waals surface area contributed by atoms with Crippen molar-refractivity contribution in [2.75, 3.05) is 18.4 Å². The van der Waals surface area contributed by atoms with Crippen LogP contribution in [-0.2, 0) is 0 Å². The maximum Gasteiger partial charge on any atom is 0.272 e. The van der Waals surface area contributed by atoms with Crippen molar-refractivity contribution >= 4 is 11.7 Å². The van der Waals surface area contributed by atoms with Crippen LogP contribution in [0.2, 0.25) is 0 Å². The summed E-state index contributed by atoms with van der Waals surface area (Å²) in [5.41, 5.74) is 1.23. The number of piperidine rings is 1. The smallest absolute Gasteiger partial charge is 0.272 e. The second-order valence-corrected chi connectivity index (χ2v) is 7.56. The molecule has 0 bridgehead atoms. The van der Waals surface area contributed by atoms with Crippen LogP contribution in [0.25, 0.3) is 11.4 Å². The first-order valence-corrected chi connectivity index (χ1v) is 8.94. The minimum atomic E-state index is -0.145. The Balaban J connectivity index is 1.98. The van der Waals surface area contributed by atoms with Crippen molar-refractivity contribution in [3.63, 3.8) is 0 Å². The van der Waals surface area contributed by atoms with E-state index in [1.54, 1.807) is 6.07 Å². The minimum absolute atomic E-state index is 0.00348. The van der Waals surface area contributed by atoms with Gasteiger partial charge in [-0.2, -0.15) is 0 Å². The number of carbonyl (C=O) groups excluding carboxylic acids is 1. The summed E-state index contributed by atoms with van der Waals surface area (Å²) in [5, 5.41) is 3.37. The van der Waals surface area contributed by atoms with Gasteiger partial charge in [0.2, 0.25) is 0 Å². The zero-order valence-electron chi connectivity index (χ0n) is 15.2. The lowest BCUT2D eigenvalue weighted by atomic mass is 10.1. The van der Waals surface area contributed by atoms with Crippen LogP contribution in [0.3, 0.4) is 0 Å². The molecule has 5 heteroatoms. The van der Waals surface area contributed by atoms with E-state index in [0.29, 0.717) is 17.3 Å². The van der Waals surface area contributed by atoms with Crippen molar-refractivity contribution in [2.24, 2.45) is 0 Å². The summed E-state index contributed by atoms with van der Waals surface area (Å²) in [6.07, 6.45) is 3.32.